The average molecular weight is 218 g/mol. The van der Waals surface area contributed by atoms with Crippen LogP contribution >= 0.6 is 0 Å². The highest BCUT2D eigenvalue weighted by Gasteiger charge is 2.05. The summed E-state index contributed by atoms with van der Waals surface area (Å²) < 4.78 is 4.85. The number of rotatable bonds is 4. The SMILES string of the molecule is CCOC(=O)/C(C)=C/c1ccccc1C=O. The summed E-state index contributed by atoms with van der Waals surface area (Å²) >= 11 is 0. The number of esters is 1. The predicted octanol–water partition coefficient (Wildman–Crippen LogP) is 2.47. The summed E-state index contributed by atoms with van der Waals surface area (Å²) in [6.45, 7) is 3.77. The molecule has 0 aliphatic heterocycles. The molecule has 0 N–H and O–H groups in total. The quantitative estimate of drug-likeness (QED) is 0.443. The molecule has 0 aliphatic rings. The van der Waals surface area contributed by atoms with Crippen molar-refractivity contribution < 1.29 is 14.3 Å². The molecule has 0 unspecified atom stereocenters. The average Bonchev–Trinajstić information content (AvgIpc) is 2.30. The first-order valence-corrected chi connectivity index (χ1v) is 5.08. The van der Waals surface area contributed by atoms with E-state index in [1.54, 1.807) is 38.1 Å². The molecule has 0 bridgehead atoms. The van der Waals surface area contributed by atoms with Gasteiger partial charge in [0.05, 0.1) is 6.61 Å². The van der Waals surface area contributed by atoms with E-state index < -0.39 is 0 Å². The molecule has 0 atom stereocenters. The number of carbonyl (C=O) groups excluding carboxylic acids is 2. The van der Waals surface area contributed by atoms with Crippen molar-refractivity contribution in [3.05, 3.63) is 41.0 Å². The van der Waals surface area contributed by atoms with Gasteiger partial charge >= 0.3 is 5.97 Å². The maximum atomic E-state index is 11.4. The van der Waals surface area contributed by atoms with Crippen molar-refractivity contribution in [3.63, 3.8) is 0 Å². The van der Waals surface area contributed by atoms with E-state index in [1.165, 1.54) is 0 Å². The molecule has 0 saturated carbocycles. The van der Waals surface area contributed by atoms with Gasteiger partial charge in [0.15, 0.2) is 6.29 Å². The van der Waals surface area contributed by atoms with Crippen LogP contribution in [0.25, 0.3) is 6.08 Å². The Morgan fingerprint density at radius 3 is 2.50 bits per heavy atom. The fraction of sp³-hybridized carbons (Fsp3) is 0.231. The van der Waals surface area contributed by atoms with Gasteiger partial charge in [0.1, 0.15) is 0 Å². The van der Waals surface area contributed by atoms with E-state index in [-0.39, 0.29) is 5.97 Å². The molecule has 0 radical (unpaired) electrons. The van der Waals surface area contributed by atoms with E-state index in [2.05, 4.69) is 0 Å². The molecule has 0 aliphatic carbocycles. The minimum absolute atomic E-state index is 0.347. The van der Waals surface area contributed by atoms with Gasteiger partial charge in [0.2, 0.25) is 0 Å². The second-order valence-corrected chi connectivity index (χ2v) is 3.29. The maximum Gasteiger partial charge on any atom is 0.333 e. The van der Waals surface area contributed by atoms with Crippen molar-refractivity contribution >= 4 is 18.3 Å². The van der Waals surface area contributed by atoms with E-state index in [0.29, 0.717) is 17.7 Å². The summed E-state index contributed by atoms with van der Waals surface area (Å²) in [4.78, 5) is 22.1. The fourth-order valence-corrected chi connectivity index (χ4v) is 1.29. The van der Waals surface area contributed by atoms with E-state index in [0.717, 1.165) is 11.8 Å². The van der Waals surface area contributed by atoms with Crippen LogP contribution in [0.2, 0.25) is 0 Å². The third kappa shape index (κ3) is 3.05. The van der Waals surface area contributed by atoms with Crippen molar-refractivity contribution in [2.45, 2.75) is 13.8 Å². The zero-order chi connectivity index (χ0) is 12.0. The molecular formula is C13H14O3. The first-order valence-electron chi connectivity index (χ1n) is 5.08. The molecule has 3 heteroatoms. The molecule has 0 spiro atoms. The van der Waals surface area contributed by atoms with E-state index in [4.69, 9.17) is 4.74 Å². The molecule has 0 heterocycles. The van der Waals surface area contributed by atoms with Crippen LogP contribution in [0.15, 0.2) is 29.8 Å². The topological polar surface area (TPSA) is 43.4 Å². The van der Waals surface area contributed by atoms with E-state index in [1.807, 2.05) is 6.07 Å². The molecule has 0 amide bonds. The van der Waals surface area contributed by atoms with Crippen LogP contribution in [0, 0.1) is 0 Å². The standard InChI is InChI=1S/C13H14O3/c1-3-16-13(15)10(2)8-11-6-4-5-7-12(11)9-14/h4-9H,3H2,1-2H3/b10-8+. The summed E-state index contributed by atoms with van der Waals surface area (Å²) in [5.41, 5.74) is 1.77. The Morgan fingerprint density at radius 2 is 1.94 bits per heavy atom. The second kappa shape index (κ2) is 5.85. The summed E-state index contributed by atoms with van der Waals surface area (Å²) in [6, 6.07) is 7.09. The Bertz CT molecular complexity index is 419. The molecule has 1 aromatic carbocycles. The molecule has 3 nitrogen and oxygen atoms in total. The number of hydrogen-bond acceptors (Lipinski definition) is 3. The number of benzene rings is 1. The number of carbonyl (C=O) groups is 2. The van der Waals surface area contributed by atoms with Crippen molar-refractivity contribution in [2.75, 3.05) is 6.61 Å². The molecule has 0 aromatic heterocycles. The molecule has 1 aromatic rings. The molecule has 1 rings (SSSR count). The highest BCUT2D eigenvalue weighted by Crippen LogP contribution is 2.12. The van der Waals surface area contributed by atoms with Crippen molar-refractivity contribution in [2.24, 2.45) is 0 Å². The van der Waals surface area contributed by atoms with E-state index >= 15 is 0 Å². The van der Waals surface area contributed by atoms with Crippen molar-refractivity contribution in [3.8, 4) is 0 Å². The predicted molar refractivity (Wildman–Crippen MR) is 62.1 cm³/mol. The Labute approximate surface area is 94.7 Å². The summed E-state index contributed by atoms with van der Waals surface area (Å²) in [5.74, 6) is -0.358. The lowest BCUT2D eigenvalue weighted by Gasteiger charge is -2.03. The minimum Gasteiger partial charge on any atom is -0.463 e. The van der Waals surface area contributed by atoms with Crippen LogP contribution in [0.3, 0.4) is 0 Å². The smallest absolute Gasteiger partial charge is 0.333 e. The van der Waals surface area contributed by atoms with Crippen molar-refractivity contribution in [1.29, 1.82) is 0 Å². The summed E-state index contributed by atoms with van der Waals surface area (Å²) in [7, 11) is 0. The Balaban J connectivity index is 2.97. The Morgan fingerprint density at radius 1 is 1.31 bits per heavy atom. The third-order valence-corrected chi connectivity index (χ3v) is 2.09. The van der Waals surface area contributed by atoms with Gasteiger partial charge in [-0.25, -0.2) is 4.79 Å². The molecule has 84 valence electrons. The van der Waals surface area contributed by atoms with Crippen LogP contribution in [0.1, 0.15) is 29.8 Å². The van der Waals surface area contributed by atoms with Crippen LogP contribution in [0.4, 0.5) is 0 Å². The minimum atomic E-state index is -0.358. The highest BCUT2D eigenvalue weighted by molar-refractivity contribution is 5.94. The largest absolute Gasteiger partial charge is 0.463 e. The lowest BCUT2D eigenvalue weighted by atomic mass is 10.1. The normalized spacial score (nSPS) is 11.0. The Hall–Kier alpha value is -1.90. The highest BCUT2D eigenvalue weighted by atomic mass is 16.5. The van der Waals surface area contributed by atoms with Crippen LogP contribution in [0.5, 0.6) is 0 Å². The molecular weight excluding hydrogens is 204 g/mol. The van der Waals surface area contributed by atoms with Crippen LogP contribution in [-0.4, -0.2) is 18.9 Å². The first-order chi connectivity index (χ1) is 7.69. The number of aldehydes is 1. The molecule has 0 saturated heterocycles. The lowest BCUT2D eigenvalue weighted by Crippen LogP contribution is -2.05. The van der Waals surface area contributed by atoms with Gasteiger partial charge in [-0.1, -0.05) is 24.3 Å². The monoisotopic (exact) mass is 218 g/mol. The van der Waals surface area contributed by atoms with Gasteiger partial charge in [-0.05, 0) is 25.5 Å². The molecule has 0 fully saturated rings. The summed E-state index contributed by atoms with van der Waals surface area (Å²) in [5, 5.41) is 0. The fourth-order valence-electron chi connectivity index (χ4n) is 1.29. The first kappa shape index (κ1) is 12.2. The van der Waals surface area contributed by atoms with Gasteiger partial charge in [-0.15, -0.1) is 0 Å². The molecule has 16 heavy (non-hydrogen) atoms. The second-order valence-electron chi connectivity index (χ2n) is 3.29. The Kier molecular flexibility index (Phi) is 4.45. The van der Waals surface area contributed by atoms with Crippen LogP contribution < -0.4 is 0 Å². The number of ether oxygens (including phenoxy) is 1. The zero-order valence-electron chi connectivity index (χ0n) is 9.40. The van der Waals surface area contributed by atoms with E-state index in [9.17, 15) is 9.59 Å². The van der Waals surface area contributed by atoms with Gasteiger partial charge in [-0.3, -0.25) is 4.79 Å². The number of hydrogen-bond donors (Lipinski definition) is 0. The van der Waals surface area contributed by atoms with Gasteiger partial charge in [0.25, 0.3) is 0 Å². The summed E-state index contributed by atoms with van der Waals surface area (Å²) in [6.07, 6.45) is 2.42. The third-order valence-electron chi connectivity index (χ3n) is 2.09. The maximum absolute atomic E-state index is 11.4. The van der Waals surface area contributed by atoms with Gasteiger partial charge < -0.3 is 4.74 Å². The lowest BCUT2D eigenvalue weighted by molar-refractivity contribution is -0.138. The van der Waals surface area contributed by atoms with Gasteiger partial charge in [0, 0.05) is 11.1 Å². The van der Waals surface area contributed by atoms with Gasteiger partial charge in [-0.2, -0.15) is 0 Å². The van der Waals surface area contributed by atoms with Crippen LogP contribution in [-0.2, 0) is 9.53 Å². The zero-order valence-corrected chi connectivity index (χ0v) is 9.40. The van der Waals surface area contributed by atoms with Crippen molar-refractivity contribution in [1.82, 2.24) is 0 Å².